The summed E-state index contributed by atoms with van der Waals surface area (Å²) >= 11 is 0. The lowest BCUT2D eigenvalue weighted by Gasteiger charge is -2.11. The molecule has 2 rings (SSSR count). The third kappa shape index (κ3) is 2.71. The summed E-state index contributed by atoms with van der Waals surface area (Å²) in [6, 6.07) is 14.9. The van der Waals surface area contributed by atoms with E-state index >= 15 is 0 Å². The van der Waals surface area contributed by atoms with Crippen LogP contribution in [-0.2, 0) is 6.54 Å². The second-order valence-electron chi connectivity index (χ2n) is 4.42. The maximum absolute atomic E-state index is 5.37. The summed E-state index contributed by atoms with van der Waals surface area (Å²) in [5.74, 6) is 0.931. The number of nitrogens with one attached hydrogen (secondary N) is 1. The van der Waals surface area contributed by atoms with Gasteiger partial charge >= 0.3 is 0 Å². The van der Waals surface area contributed by atoms with Gasteiger partial charge in [0.15, 0.2) is 0 Å². The van der Waals surface area contributed by atoms with Gasteiger partial charge in [0.1, 0.15) is 5.75 Å². The molecule has 0 aromatic heterocycles. The van der Waals surface area contributed by atoms with E-state index in [0.717, 1.165) is 12.3 Å². The lowest BCUT2D eigenvalue weighted by atomic mass is 10.0. The maximum atomic E-state index is 5.37. The first-order valence-electron chi connectivity index (χ1n) is 6.13. The Morgan fingerprint density at radius 2 is 1.67 bits per heavy atom. The Morgan fingerprint density at radius 1 is 1.00 bits per heavy atom. The van der Waals surface area contributed by atoms with E-state index in [1.165, 1.54) is 22.3 Å². The first kappa shape index (κ1) is 12.7. The van der Waals surface area contributed by atoms with Crippen LogP contribution in [0.2, 0.25) is 0 Å². The van der Waals surface area contributed by atoms with Gasteiger partial charge in [-0.05, 0) is 37.2 Å². The van der Waals surface area contributed by atoms with Gasteiger partial charge in [0.2, 0.25) is 0 Å². The fourth-order valence-electron chi connectivity index (χ4n) is 2.03. The number of methoxy groups -OCH3 is 1. The lowest BCUT2D eigenvalue weighted by Crippen LogP contribution is -2.06. The average molecular weight is 241 g/mol. The number of benzene rings is 2. The van der Waals surface area contributed by atoms with Gasteiger partial charge in [0.25, 0.3) is 0 Å². The molecule has 0 saturated heterocycles. The summed E-state index contributed by atoms with van der Waals surface area (Å²) in [6.07, 6.45) is 0. The number of rotatable bonds is 4. The summed E-state index contributed by atoms with van der Waals surface area (Å²) in [4.78, 5) is 0. The summed E-state index contributed by atoms with van der Waals surface area (Å²) in [6.45, 7) is 2.91. The smallest absolute Gasteiger partial charge is 0.123 e. The molecule has 2 nitrogen and oxygen atoms in total. The van der Waals surface area contributed by atoms with Crippen LogP contribution in [0.4, 0.5) is 0 Å². The number of hydrogen-bond donors (Lipinski definition) is 1. The Hall–Kier alpha value is -1.80. The molecule has 1 N–H and O–H groups in total. The van der Waals surface area contributed by atoms with Crippen LogP contribution in [0.25, 0.3) is 11.1 Å². The topological polar surface area (TPSA) is 21.3 Å². The lowest BCUT2D eigenvalue weighted by molar-refractivity contribution is 0.408. The number of hydrogen-bond acceptors (Lipinski definition) is 2. The van der Waals surface area contributed by atoms with Crippen LogP contribution in [0.5, 0.6) is 5.75 Å². The molecule has 0 fully saturated rings. The summed E-state index contributed by atoms with van der Waals surface area (Å²) in [7, 11) is 3.65. The molecule has 0 unspecified atom stereocenters. The highest BCUT2D eigenvalue weighted by molar-refractivity contribution is 5.66. The third-order valence-corrected chi connectivity index (χ3v) is 3.03. The largest absolute Gasteiger partial charge is 0.496 e. The van der Waals surface area contributed by atoms with E-state index in [1.807, 2.05) is 13.1 Å². The molecule has 0 amide bonds. The molecule has 0 aliphatic rings. The minimum Gasteiger partial charge on any atom is -0.496 e. The second kappa shape index (κ2) is 5.69. The molecule has 2 heteroatoms. The van der Waals surface area contributed by atoms with Crippen LogP contribution in [0.15, 0.2) is 42.5 Å². The molecular weight excluding hydrogens is 222 g/mol. The Morgan fingerprint density at radius 3 is 2.28 bits per heavy atom. The third-order valence-electron chi connectivity index (χ3n) is 3.03. The first-order chi connectivity index (χ1) is 8.74. The molecule has 0 aliphatic carbocycles. The molecule has 0 heterocycles. The van der Waals surface area contributed by atoms with Crippen molar-refractivity contribution in [3.05, 3.63) is 53.6 Å². The Balaban J connectivity index is 2.39. The maximum Gasteiger partial charge on any atom is 0.123 e. The molecule has 0 radical (unpaired) electrons. The summed E-state index contributed by atoms with van der Waals surface area (Å²) < 4.78 is 5.37. The van der Waals surface area contributed by atoms with Crippen LogP contribution < -0.4 is 10.1 Å². The highest BCUT2D eigenvalue weighted by Crippen LogP contribution is 2.26. The van der Waals surface area contributed by atoms with Crippen molar-refractivity contribution < 1.29 is 4.74 Å². The van der Waals surface area contributed by atoms with Gasteiger partial charge < -0.3 is 10.1 Å². The Kier molecular flexibility index (Phi) is 4.00. The SMILES string of the molecule is CNCc1cc(-c2ccc(C)cc2)ccc1OC. The standard InChI is InChI=1S/C16H19NO/c1-12-4-6-13(7-5-12)14-8-9-16(18-3)15(10-14)11-17-2/h4-10,17H,11H2,1-3H3. The van der Waals surface area contributed by atoms with Crippen molar-refractivity contribution in [1.29, 1.82) is 0 Å². The molecule has 0 aliphatic heterocycles. The zero-order chi connectivity index (χ0) is 13.0. The zero-order valence-corrected chi connectivity index (χ0v) is 11.2. The van der Waals surface area contributed by atoms with E-state index in [9.17, 15) is 0 Å². The Labute approximate surface area is 109 Å². The van der Waals surface area contributed by atoms with Crippen LogP contribution in [0.3, 0.4) is 0 Å². The second-order valence-corrected chi connectivity index (χ2v) is 4.42. The van der Waals surface area contributed by atoms with Crippen molar-refractivity contribution in [3.63, 3.8) is 0 Å². The van der Waals surface area contributed by atoms with Gasteiger partial charge in [-0.15, -0.1) is 0 Å². The number of ether oxygens (including phenoxy) is 1. The summed E-state index contributed by atoms with van der Waals surface area (Å²) in [5.41, 5.74) is 4.92. The zero-order valence-electron chi connectivity index (χ0n) is 11.2. The van der Waals surface area contributed by atoms with Crippen molar-refractivity contribution in [2.45, 2.75) is 13.5 Å². The van der Waals surface area contributed by atoms with Crippen molar-refractivity contribution in [2.75, 3.05) is 14.2 Å². The van der Waals surface area contributed by atoms with Gasteiger partial charge in [-0.25, -0.2) is 0 Å². The molecule has 94 valence electrons. The predicted molar refractivity (Wildman–Crippen MR) is 75.9 cm³/mol. The van der Waals surface area contributed by atoms with Gasteiger partial charge in [0.05, 0.1) is 7.11 Å². The van der Waals surface area contributed by atoms with Crippen LogP contribution in [-0.4, -0.2) is 14.2 Å². The van der Waals surface area contributed by atoms with Crippen molar-refractivity contribution in [3.8, 4) is 16.9 Å². The van der Waals surface area contributed by atoms with Gasteiger partial charge in [0, 0.05) is 12.1 Å². The highest BCUT2D eigenvalue weighted by atomic mass is 16.5. The summed E-state index contributed by atoms with van der Waals surface area (Å²) in [5, 5.41) is 3.17. The molecule has 0 saturated carbocycles. The molecule has 2 aromatic rings. The quantitative estimate of drug-likeness (QED) is 0.886. The van der Waals surface area contributed by atoms with Gasteiger partial charge in [-0.3, -0.25) is 0 Å². The van der Waals surface area contributed by atoms with Crippen molar-refractivity contribution in [2.24, 2.45) is 0 Å². The predicted octanol–water partition coefficient (Wildman–Crippen LogP) is 3.39. The van der Waals surface area contributed by atoms with Crippen LogP contribution >= 0.6 is 0 Å². The fourth-order valence-corrected chi connectivity index (χ4v) is 2.03. The van der Waals surface area contributed by atoms with E-state index in [0.29, 0.717) is 0 Å². The minimum absolute atomic E-state index is 0.808. The number of aryl methyl sites for hydroxylation is 1. The van der Waals surface area contributed by atoms with E-state index in [4.69, 9.17) is 4.74 Å². The van der Waals surface area contributed by atoms with Gasteiger partial charge in [-0.2, -0.15) is 0 Å². The molecule has 0 bridgehead atoms. The molecule has 2 aromatic carbocycles. The van der Waals surface area contributed by atoms with Crippen LogP contribution in [0.1, 0.15) is 11.1 Å². The van der Waals surface area contributed by atoms with E-state index in [-0.39, 0.29) is 0 Å². The van der Waals surface area contributed by atoms with E-state index in [1.54, 1.807) is 7.11 Å². The highest BCUT2D eigenvalue weighted by Gasteiger charge is 2.05. The molecule has 0 atom stereocenters. The van der Waals surface area contributed by atoms with E-state index in [2.05, 4.69) is 48.6 Å². The van der Waals surface area contributed by atoms with E-state index < -0.39 is 0 Å². The first-order valence-corrected chi connectivity index (χ1v) is 6.13. The monoisotopic (exact) mass is 241 g/mol. The fraction of sp³-hybridized carbons (Fsp3) is 0.250. The molecule has 18 heavy (non-hydrogen) atoms. The van der Waals surface area contributed by atoms with Crippen molar-refractivity contribution in [1.82, 2.24) is 5.32 Å². The Bertz CT molecular complexity index is 517. The van der Waals surface area contributed by atoms with Crippen molar-refractivity contribution >= 4 is 0 Å². The minimum atomic E-state index is 0.808. The van der Waals surface area contributed by atoms with Crippen LogP contribution in [0, 0.1) is 6.92 Å². The molecular formula is C16H19NO. The normalized spacial score (nSPS) is 10.4. The molecule has 0 spiro atoms. The average Bonchev–Trinajstić information content (AvgIpc) is 2.40. The van der Waals surface area contributed by atoms with Gasteiger partial charge in [-0.1, -0.05) is 35.9 Å².